The molecule has 2 aromatic heterocycles. The van der Waals surface area contributed by atoms with Crippen LogP contribution in [0.2, 0.25) is 5.02 Å². The predicted octanol–water partition coefficient (Wildman–Crippen LogP) is 5.32. The molecule has 4 rings (SSSR count). The molecule has 0 radical (unpaired) electrons. The first-order chi connectivity index (χ1) is 14.5. The number of carbonyl (C=O) groups is 1. The van der Waals surface area contributed by atoms with Gasteiger partial charge >= 0.3 is 0 Å². The number of aryl methyl sites for hydroxylation is 1. The fourth-order valence-corrected chi connectivity index (χ4v) is 3.06. The number of furan rings is 1. The molecule has 0 bridgehead atoms. The number of nitrogens with zero attached hydrogens (tertiary/aromatic N) is 2. The molecule has 2 heterocycles. The minimum Gasteiger partial charge on any atom is -0.486 e. The Morgan fingerprint density at radius 2 is 2.00 bits per heavy atom. The largest absolute Gasteiger partial charge is 0.486 e. The van der Waals surface area contributed by atoms with Gasteiger partial charge in [0.1, 0.15) is 18.1 Å². The highest BCUT2D eigenvalue weighted by Gasteiger charge is 2.13. The molecular weight excluding hydrogens is 402 g/mol. The Hall–Kier alpha value is -3.51. The number of benzene rings is 2. The number of halogens is 1. The van der Waals surface area contributed by atoms with E-state index in [4.69, 9.17) is 20.8 Å². The van der Waals surface area contributed by atoms with Gasteiger partial charge in [0.05, 0.1) is 18.4 Å². The first-order valence-corrected chi connectivity index (χ1v) is 9.79. The second kappa shape index (κ2) is 8.88. The maximum atomic E-state index is 12.5. The van der Waals surface area contributed by atoms with Gasteiger partial charge in [-0.25, -0.2) is 0 Å². The number of rotatable bonds is 7. The van der Waals surface area contributed by atoms with Crippen molar-refractivity contribution in [3.8, 4) is 5.75 Å². The first-order valence-electron chi connectivity index (χ1n) is 9.41. The van der Waals surface area contributed by atoms with E-state index in [9.17, 15) is 4.79 Å². The lowest BCUT2D eigenvalue weighted by Crippen LogP contribution is -2.10. The van der Waals surface area contributed by atoms with Crippen LogP contribution in [0.4, 0.5) is 5.69 Å². The van der Waals surface area contributed by atoms with E-state index in [1.54, 1.807) is 53.5 Å². The normalized spacial score (nSPS) is 10.7. The summed E-state index contributed by atoms with van der Waals surface area (Å²) in [6.45, 7) is 2.87. The third-order valence-electron chi connectivity index (χ3n) is 4.42. The second-order valence-electron chi connectivity index (χ2n) is 6.88. The van der Waals surface area contributed by atoms with Crippen molar-refractivity contribution in [3.63, 3.8) is 0 Å². The van der Waals surface area contributed by atoms with Gasteiger partial charge in [0.2, 0.25) is 0 Å². The number of hydrogen-bond donors (Lipinski definition) is 1. The standard InChI is InChI=1S/C23H20ClN3O3/c1-16-5-7-17(8-6-16)13-27-14-19(12-25-27)26-23(28)22-10-9-21(30-22)15-29-20-4-2-3-18(24)11-20/h2-12,14H,13,15H2,1H3,(H,26,28). The molecule has 0 saturated heterocycles. The van der Waals surface area contributed by atoms with E-state index < -0.39 is 0 Å². The summed E-state index contributed by atoms with van der Waals surface area (Å²) in [4.78, 5) is 12.5. The van der Waals surface area contributed by atoms with Crippen LogP contribution in [0, 0.1) is 6.92 Å². The van der Waals surface area contributed by atoms with E-state index in [1.165, 1.54) is 5.56 Å². The van der Waals surface area contributed by atoms with Crippen LogP contribution < -0.4 is 10.1 Å². The lowest BCUT2D eigenvalue weighted by Gasteiger charge is -2.04. The Morgan fingerprint density at radius 1 is 1.17 bits per heavy atom. The average molecular weight is 422 g/mol. The Labute approximate surface area is 179 Å². The summed E-state index contributed by atoms with van der Waals surface area (Å²) in [5.41, 5.74) is 2.94. The van der Waals surface area contributed by atoms with E-state index >= 15 is 0 Å². The summed E-state index contributed by atoms with van der Waals surface area (Å²) >= 11 is 5.94. The zero-order chi connectivity index (χ0) is 20.9. The second-order valence-corrected chi connectivity index (χ2v) is 7.31. The number of ether oxygens (including phenoxy) is 1. The number of carbonyl (C=O) groups excluding carboxylic acids is 1. The smallest absolute Gasteiger partial charge is 0.291 e. The predicted molar refractivity (Wildman–Crippen MR) is 115 cm³/mol. The highest BCUT2D eigenvalue weighted by molar-refractivity contribution is 6.30. The van der Waals surface area contributed by atoms with Crippen LogP contribution in [0.3, 0.4) is 0 Å². The molecule has 2 aromatic carbocycles. The third kappa shape index (κ3) is 5.10. The van der Waals surface area contributed by atoms with Crippen LogP contribution in [0.25, 0.3) is 0 Å². The lowest BCUT2D eigenvalue weighted by molar-refractivity contribution is 0.0992. The zero-order valence-electron chi connectivity index (χ0n) is 16.3. The summed E-state index contributed by atoms with van der Waals surface area (Å²) in [5, 5.41) is 7.68. The SMILES string of the molecule is Cc1ccc(Cn2cc(NC(=O)c3ccc(COc4cccc(Cl)c4)o3)cn2)cc1. The van der Waals surface area contributed by atoms with Crippen LogP contribution in [0.1, 0.15) is 27.4 Å². The molecular formula is C23H20ClN3O3. The molecule has 0 aliphatic rings. The first kappa shape index (κ1) is 19.8. The number of anilines is 1. The summed E-state index contributed by atoms with van der Waals surface area (Å²) in [5.74, 6) is 1.02. The van der Waals surface area contributed by atoms with Gasteiger partial charge in [0.25, 0.3) is 5.91 Å². The van der Waals surface area contributed by atoms with Crippen molar-refractivity contribution in [2.24, 2.45) is 0 Å². The van der Waals surface area contributed by atoms with Gasteiger partial charge in [-0.2, -0.15) is 5.10 Å². The number of hydrogen-bond acceptors (Lipinski definition) is 4. The average Bonchev–Trinajstić information content (AvgIpc) is 3.38. The molecule has 0 fully saturated rings. The number of amides is 1. The van der Waals surface area contributed by atoms with Crippen LogP contribution >= 0.6 is 11.6 Å². The maximum Gasteiger partial charge on any atom is 0.291 e. The Balaban J connectivity index is 1.33. The molecule has 0 saturated carbocycles. The highest BCUT2D eigenvalue weighted by atomic mass is 35.5. The van der Waals surface area contributed by atoms with Crippen LogP contribution in [-0.2, 0) is 13.2 Å². The van der Waals surface area contributed by atoms with Crippen molar-refractivity contribution < 1.29 is 13.9 Å². The molecule has 0 aliphatic heterocycles. The van der Waals surface area contributed by atoms with E-state index in [1.807, 2.05) is 0 Å². The van der Waals surface area contributed by atoms with E-state index in [0.29, 0.717) is 28.8 Å². The monoisotopic (exact) mass is 421 g/mol. The molecule has 0 unspecified atom stereocenters. The highest BCUT2D eigenvalue weighted by Crippen LogP contribution is 2.19. The van der Waals surface area contributed by atoms with E-state index in [-0.39, 0.29) is 18.3 Å². The molecule has 0 atom stereocenters. The summed E-state index contributed by atoms with van der Waals surface area (Å²) in [6, 6.07) is 18.7. The van der Waals surface area contributed by atoms with Crippen molar-refractivity contribution >= 4 is 23.2 Å². The molecule has 4 aromatic rings. The summed E-state index contributed by atoms with van der Waals surface area (Å²) < 4.78 is 13.0. The molecule has 1 amide bonds. The van der Waals surface area contributed by atoms with Gasteiger partial charge in [-0.3, -0.25) is 9.48 Å². The van der Waals surface area contributed by atoms with Gasteiger partial charge in [-0.15, -0.1) is 0 Å². The molecule has 7 heteroatoms. The number of nitrogens with one attached hydrogen (secondary N) is 1. The fraction of sp³-hybridized carbons (Fsp3) is 0.130. The fourth-order valence-electron chi connectivity index (χ4n) is 2.88. The maximum absolute atomic E-state index is 12.5. The van der Waals surface area contributed by atoms with Crippen molar-refractivity contribution in [2.75, 3.05) is 5.32 Å². The van der Waals surface area contributed by atoms with Gasteiger partial charge < -0.3 is 14.5 Å². The van der Waals surface area contributed by atoms with Gasteiger partial charge in [0.15, 0.2) is 5.76 Å². The Morgan fingerprint density at radius 3 is 2.80 bits per heavy atom. The minimum absolute atomic E-state index is 0.197. The van der Waals surface area contributed by atoms with Crippen molar-refractivity contribution in [1.29, 1.82) is 0 Å². The molecule has 152 valence electrons. The zero-order valence-corrected chi connectivity index (χ0v) is 17.1. The van der Waals surface area contributed by atoms with Crippen LogP contribution in [0.5, 0.6) is 5.75 Å². The van der Waals surface area contributed by atoms with Crippen molar-refractivity contribution in [1.82, 2.24) is 9.78 Å². The quantitative estimate of drug-likeness (QED) is 0.438. The summed E-state index contributed by atoms with van der Waals surface area (Å²) in [7, 11) is 0. The third-order valence-corrected chi connectivity index (χ3v) is 4.65. The summed E-state index contributed by atoms with van der Waals surface area (Å²) in [6.07, 6.45) is 3.39. The Bertz CT molecular complexity index is 1150. The lowest BCUT2D eigenvalue weighted by atomic mass is 10.1. The van der Waals surface area contributed by atoms with Gasteiger partial charge in [-0.05, 0) is 42.8 Å². The topological polar surface area (TPSA) is 69.3 Å². The molecule has 0 spiro atoms. The van der Waals surface area contributed by atoms with Crippen molar-refractivity contribution in [3.05, 3.63) is 101 Å². The van der Waals surface area contributed by atoms with Gasteiger partial charge in [0, 0.05) is 11.2 Å². The van der Waals surface area contributed by atoms with Crippen LogP contribution in [0.15, 0.2) is 77.5 Å². The minimum atomic E-state index is -0.348. The van der Waals surface area contributed by atoms with E-state index in [0.717, 1.165) is 5.56 Å². The van der Waals surface area contributed by atoms with Crippen molar-refractivity contribution in [2.45, 2.75) is 20.1 Å². The van der Waals surface area contributed by atoms with Crippen LogP contribution in [-0.4, -0.2) is 15.7 Å². The van der Waals surface area contributed by atoms with Gasteiger partial charge in [-0.1, -0.05) is 47.5 Å². The Kier molecular flexibility index (Phi) is 5.86. The van der Waals surface area contributed by atoms with E-state index in [2.05, 4.69) is 41.6 Å². The number of aromatic nitrogens is 2. The molecule has 6 nitrogen and oxygen atoms in total. The molecule has 0 aliphatic carbocycles. The molecule has 1 N–H and O–H groups in total. The molecule has 30 heavy (non-hydrogen) atoms.